The molecule has 188 valence electrons. The molecule has 2 aliphatic rings. The van der Waals surface area contributed by atoms with Crippen LogP contribution in [0.1, 0.15) is 88.4 Å². The standard InChI is InChI=1S/C27H40N2O5/c1-25(2,3)34-24(32)28-14-12-19(13-15-28)33-18-27(6,7)16-26(4,5)17-29-22(30)20-10-8-9-11-21(20)23(29)31/h8-11,19H,12-18H2,1-7H3. The number of hydrogen-bond acceptors (Lipinski definition) is 5. The summed E-state index contributed by atoms with van der Waals surface area (Å²) < 4.78 is 11.7. The third kappa shape index (κ3) is 6.59. The molecule has 0 atom stereocenters. The molecule has 0 unspecified atom stereocenters. The molecule has 1 aromatic rings. The zero-order valence-electron chi connectivity index (χ0n) is 21.8. The molecular weight excluding hydrogens is 432 g/mol. The summed E-state index contributed by atoms with van der Waals surface area (Å²) in [5, 5.41) is 0. The number of nitrogens with zero attached hydrogens (tertiary/aromatic N) is 2. The van der Waals surface area contributed by atoms with Gasteiger partial charge in [0.15, 0.2) is 0 Å². The molecular formula is C27H40N2O5. The SMILES string of the molecule is CC(C)(COC1CCN(C(=O)OC(C)(C)C)CC1)CC(C)(C)CN1C(=O)c2ccccc2C1=O. The van der Waals surface area contributed by atoms with E-state index in [0.717, 1.165) is 19.3 Å². The Hall–Kier alpha value is -2.41. The van der Waals surface area contributed by atoms with Crippen LogP contribution >= 0.6 is 0 Å². The molecule has 7 nitrogen and oxygen atoms in total. The van der Waals surface area contributed by atoms with Gasteiger partial charge in [0, 0.05) is 19.6 Å². The fourth-order valence-electron chi connectivity index (χ4n) is 5.09. The van der Waals surface area contributed by atoms with Gasteiger partial charge in [-0.25, -0.2) is 4.79 Å². The van der Waals surface area contributed by atoms with Crippen molar-refractivity contribution >= 4 is 17.9 Å². The van der Waals surface area contributed by atoms with Crippen LogP contribution in [0.4, 0.5) is 4.79 Å². The predicted octanol–water partition coefficient (Wildman–Crippen LogP) is 5.14. The molecule has 1 saturated heterocycles. The first-order chi connectivity index (χ1) is 15.7. The first-order valence-corrected chi connectivity index (χ1v) is 12.2. The van der Waals surface area contributed by atoms with Crippen molar-refractivity contribution in [2.24, 2.45) is 10.8 Å². The van der Waals surface area contributed by atoms with Gasteiger partial charge in [-0.3, -0.25) is 14.5 Å². The maximum atomic E-state index is 12.8. The number of imide groups is 1. The molecule has 2 heterocycles. The Morgan fingerprint density at radius 1 is 0.912 bits per heavy atom. The lowest BCUT2D eigenvalue weighted by Gasteiger charge is -2.38. The summed E-state index contributed by atoms with van der Waals surface area (Å²) >= 11 is 0. The van der Waals surface area contributed by atoms with Crippen LogP contribution in [-0.2, 0) is 9.47 Å². The average molecular weight is 473 g/mol. The lowest BCUT2D eigenvalue weighted by molar-refractivity contribution is -0.0435. The van der Waals surface area contributed by atoms with E-state index < -0.39 is 5.60 Å². The first-order valence-electron chi connectivity index (χ1n) is 12.2. The van der Waals surface area contributed by atoms with Crippen molar-refractivity contribution < 1.29 is 23.9 Å². The van der Waals surface area contributed by atoms with Crippen LogP contribution < -0.4 is 0 Å². The van der Waals surface area contributed by atoms with Crippen LogP contribution in [0, 0.1) is 10.8 Å². The van der Waals surface area contributed by atoms with E-state index in [1.165, 1.54) is 4.90 Å². The second kappa shape index (κ2) is 9.68. The van der Waals surface area contributed by atoms with E-state index in [-0.39, 0.29) is 34.8 Å². The molecule has 3 amide bonds. The molecule has 2 aliphatic heterocycles. The lowest BCUT2D eigenvalue weighted by Crippen LogP contribution is -2.44. The van der Waals surface area contributed by atoms with Gasteiger partial charge < -0.3 is 14.4 Å². The highest BCUT2D eigenvalue weighted by Crippen LogP contribution is 2.37. The molecule has 0 bridgehead atoms. The van der Waals surface area contributed by atoms with Crippen LogP contribution in [-0.4, -0.2) is 65.7 Å². The fourth-order valence-corrected chi connectivity index (χ4v) is 5.09. The Balaban J connectivity index is 1.48. The summed E-state index contributed by atoms with van der Waals surface area (Å²) in [4.78, 5) is 41.0. The molecule has 1 fully saturated rings. The van der Waals surface area contributed by atoms with Gasteiger partial charge in [-0.2, -0.15) is 0 Å². The molecule has 7 heteroatoms. The van der Waals surface area contributed by atoms with Gasteiger partial charge in [-0.05, 0) is 63.0 Å². The highest BCUT2D eigenvalue weighted by molar-refractivity contribution is 6.21. The maximum absolute atomic E-state index is 12.8. The van der Waals surface area contributed by atoms with E-state index in [1.807, 2.05) is 20.8 Å². The number of likely N-dealkylation sites (tertiary alicyclic amines) is 1. The number of carbonyl (C=O) groups is 3. The topological polar surface area (TPSA) is 76.2 Å². The van der Waals surface area contributed by atoms with Gasteiger partial charge in [-0.15, -0.1) is 0 Å². The Kier molecular flexibility index (Phi) is 7.46. The molecule has 1 aromatic carbocycles. The largest absolute Gasteiger partial charge is 0.444 e. The number of carbonyl (C=O) groups excluding carboxylic acids is 3. The van der Waals surface area contributed by atoms with E-state index in [0.29, 0.717) is 37.4 Å². The predicted molar refractivity (Wildman–Crippen MR) is 131 cm³/mol. The summed E-state index contributed by atoms with van der Waals surface area (Å²) in [6.07, 6.45) is 2.21. The number of benzene rings is 1. The third-order valence-corrected chi connectivity index (χ3v) is 6.22. The van der Waals surface area contributed by atoms with Gasteiger partial charge in [0.2, 0.25) is 0 Å². The number of amides is 3. The molecule has 0 saturated carbocycles. The molecule has 0 spiro atoms. The second-order valence-electron chi connectivity index (χ2n) is 12.2. The minimum atomic E-state index is -0.492. The van der Waals surface area contributed by atoms with Crippen LogP contribution in [0.15, 0.2) is 24.3 Å². The zero-order valence-corrected chi connectivity index (χ0v) is 21.8. The number of ether oxygens (including phenoxy) is 2. The van der Waals surface area contributed by atoms with Crippen LogP contribution in [0.2, 0.25) is 0 Å². The van der Waals surface area contributed by atoms with Crippen LogP contribution in [0.5, 0.6) is 0 Å². The fraction of sp³-hybridized carbons (Fsp3) is 0.667. The van der Waals surface area contributed by atoms with Gasteiger partial charge in [0.1, 0.15) is 5.60 Å². The summed E-state index contributed by atoms with van der Waals surface area (Å²) in [5.41, 5.74) is 0.0892. The normalized spacial score (nSPS) is 17.9. The molecule has 0 aromatic heterocycles. The minimum Gasteiger partial charge on any atom is -0.444 e. The van der Waals surface area contributed by atoms with E-state index >= 15 is 0 Å². The Labute approximate surface area is 203 Å². The lowest BCUT2D eigenvalue weighted by atomic mass is 9.75. The van der Waals surface area contributed by atoms with Crippen molar-refractivity contribution in [2.45, 2.75) is 79.4 Å². The highest BCUT2D eigenvalue weighted by atomic mass is 16.6. The van der Waals surface area contributed by atoms with Crippen molar-refractivity contribution in [3.63, 3.8) is 0 Å². The number of fused-ring (bicyclic) bond motifs is 1. The summed E-state index contributed by atoms with van der Waals surface area (Å²) in [7, 11) is 0. The zero-order chi connectivity index (χ0) is 25.3. The Morgan fingerprint density at radius 2 is 1.44 bits per heavy atom. The van der Waals surface area contributed by atoms with Crippen molar-refractivity contribution in [1.29, 1.82) is 0 Å². The smallest absolute Gasteiger partial charge is 0.410 e. The van der Waals surface area contributed by atoms with Crippen molar-refractivity contribution in [3.05, 3.63) is 35.4 Å². The maximum Gasteiger partial charge on any atom is 0.410 e. The van der Waals surface area contributed by atoms with Crippen LogP contribution in [0.25, 0.3) is 0 Å². The quantitative estimate of drug-likeness (QED) is 0.514. The number of hydrogen-bond donors (Lipinski definition) is 0. The third-order valence-electron chi connectivity index (χ3n) is 6.22. The van der Waals surface area contributed by atoms with Gasteiger partial charge in [0.05, 0.1) is 23.8 Å². The van der Waals surface area contributed by atoms with E-state index in [1.54, 1.807) is 29.2 Å². The second-order valence-corrected chi connectivity index (χ2v) is 12.2. The molecule has 0 radical (unpaired) electrons. The van der Waals surface area contributed by atoms with Gasteiger partial charge in [-0.1, -0.05) is 39.8 Å². The molecule has 34 heavy (non-hydrogen) atoms. The minimum absolute atomic E-state index is 0.109. The van der Waals surface area contributed by atoms with Gasteiger partial charge in [0.25, 0.3) is 11.8 Å². The number of piperidine rings is 1. The highest BCUT2D eigenvalue weighted by Gasteiger charge is 2.40. The monoisotopic (exact) mass is 472 g/mol. The van der Waals surface area contributed by atoms with Crippen molar-refractivity contribution in [2.75, 3.05) is 26.2 Å². The molecule has 0 aliphatic carbocycles. The summed E-state index contributed by atoms with van der Waals surface area (Å²) in [5.74, 6) is -0.418. The molecule has 0 N–H and O–H groups in total. The van der Waals surface area contributed by atoms with E-state index in [2.05, 4.69) is 27.7 Å². The van der Waals surface area contributed by atoms with Crippen molar-refractivity contribution in [1.82, 2.24) is 9.80 Å². The van der Waals surface area contributed by atoms with E-state index in [4.69, 9.17) is 9.47 Å². The summed E-state index contributed by atoms with van der Waals surface area (Å²) in [6.45, 7) is 16.3. The van der Waals surface area contributed by atoms with Crippen LogP contribution in [0.3, 0.4) is 0 Å². The number of rotatable bonds is 7. The summed E-state index contributed by atoms with van der Waals surface area (Å²) in [6, 6.07) is 7.01. The average Bonchev–Trinajstić information content (AvgIpc) is 2.95. The Morgan fingerprint density at radius 3 is 1.94 bits per heavy atom. The molecule has 3 rings (SSSR count). The van der Waals surface area contributed by atoms with Gasteiger partial charge >= 0.3 is 6.09 Å². The van der Waals surface area contributed by atoms with E-state index in [9.17, 15) is 14.4 Å². The van der Waals surface area contributed by atoms with Crippen molar-refractivity contribution in [3.8, 4) is 0 Å². The Bertz CT molecular complexity index is 888. The first kappa shape index (κ1) is 26.2.